The van der Waals surface area contributed by atoms with E-state index >= 15 is 0 Å². The zero-order chi connectivity index (χ0) is 9.97. The smallest absolute Gasteiger partial charge is 0.312 e. The highest BCUT2D eigenvalue weighted by molar-refractivity contribution is 7.99. The minimum atomic E-state index is -0.904. The summed E-state index contributed by atoms with van der Waals surface area (Å²) in [5.74, 6) is 2.88. The molecule has 1 aromatic rings. The summed E-state index contributed by atoms with van der Waals surface area (Å²) >= 11 is 1.90. The van der Waals surface area contributed by atoms with Crippen molar-refractivity contribution in [2.24, 2.45) is 0 Å². The Hall–Kier alpha value is -0.970. The molecule has 1 unspecified atom stereocenters. The Bertz CT molecular complexity index is 331. The molecular weight excluding hydrogens is 202 g/mol. The van der Waals surface area contributed by atoms with Gasteiger partial charge in [0.1, 0.15) is 12.2 Å². The molecule has 2 rings (SSSR count). The SMILES string of the molecule is O=C(O)Cc1ncc(C2CCSC2)o1. The molecule has 1 fully saturated rings. The monoisotopic (exact) mass is 213 g/mol. The van der Waals surface area contributed by atoms with E-state index in [1.54, 1.807) is 6.20 Å². The lowest BCUT2D eigenvalue weighted by Gasteiger charge is -2.01. The Morgan fingerprint density at radius 2 is 2.64 bits per heavy atom. The van der Waals surface area contributed by atoms with Crippen LogP contribution in [0.2, 0.25) is 0 Å². The maximum absolute atomic E-state index is 10.4. The molecular formula is C9H11NO3S. The molecule has 1 aliphatic rings. The third-order valence-electron chi connectivity index (χ3n) is 2.21. The van der Waals surface area contributed by atoms with Crippen molar-refractivity contribution < 1.29 is 14.3 Å². The Kier molecular flexibility index (Phi) is 2.77. The van der Waals surface area contributed by atoms with Gasteiger partial charge >= 0.3 is 5.97 Å². The van der Waals surface area contributed by atoms with Crippen LogP contribution in [-0.2, 0) is 11.2 Å². The molecule has 0 aromatic carbocycles. The summed E-state index contributed by atoms with van der Waals surface area (Å²) < 4.78 is 5.37. The van der Waals surface area contributed by atoms with E-state index in [-0.39, 0.29) is 6.42 Å². The van der Waals surface area contributed by atoms with Crippen molar-refractivity contribution in [3.63, 3.8) is 0 Å². The lowest BCUT2D eigenvalue weighted by Crippen LogP contribution is -1.99. The highest BCUT2D eigenvalue weighted by Gasteiger charge is 2.21. The van der Waals surface area contributed by atoms with E-state index in [2.05, 4.69) is 4.98 Å². The number of oxazole rings is 1. The molecule has 1 aromatic heterocycles. The number of thioether (sulfide) groups is 1. The lowest BCUT2D eigenvalue weighted by atomic mass is 10.1. The van der Waals surface area contributed by atoms with Crippen molar-refractivity contribution in [3.05, 3.63) is 17.8 Å². The first-order valence-corrected chi connectivity index (χ1v) is 5.65. The first-order valence-electron chi connectivity index (χ1n) is 4.50. The lowest BCUT2D eigenvalue weighted by molar-refractivity contribution is -0.136. The van der Waals surface area contributed by atoms with Gasteiger partial charge in [0.15, 0.2) is 0 Å². The van der Waals surface area contributed by atoms with Crippen LogP contribution in [-0.4, -0.2) is 27.6 Å². The van der Waals surface area contributed by atoms with Crippen molar-refractivity contribution in [2.75, 3.05) is 11.5 Å². The van der Waals surface area contributed by atoms with E-state index in [9.17, 15) is 4.79 Å². The summed E-state index contributed by atoms with van der Waals surface area (Å²) in [6.07, 6.45) is 2.64. The van der Waals surface area contributed by atoms with Crippen molar-refractivity contribution >= 4 is 17.7 Å². The van der Waals surface area contributed by atoms with Crippen LogP contribution in [0.3, 0.4) is 0 Å². The van der Waals surface area contributed by atoms with E-state index in [0.717, 1.165) is 23.7 Å². The number of hydrogen-bond donors (Lipinski definition) is 1. The molecule has 0 amide bonds. The predicted octanol–water partition coefficient (Wildman–Crippen LogP) is 1.52. The third-order valence-corrected chi connectivity index (χ3v) is 3.37. The van der Waals surface area contributed by atoms with Crippen molar-refractivity contribution in [3.8, 4) is 0 Å². The maximum Gasteiger partial charge on any atom is 0.312 e. The van der Waals surface area contributed by atoms with Gasteiger partial charge < -0.3 is 9.52 Å². The fourth-order valence-corrected chi connectivity index (χ4v) is 2.72. The highest BCUT2D eigenvalue weighted by atomic mass is 32.2. The van der Waals surface area contributed by atoms with Crippen LogP contribution in [0.4, 0.5) is 0 Å². The zero-order valence-electron chi connectivity index (χ0n) is 7.60. The fourth-order valence-electron chi connectivity index (χ4n) is 1.48. The summed E-state index contributed by atoms with van der Waals surface area (Å²) in [6, 6.07) is 0. The number of carboxylic acids is 1. The molecule has 0 bridgehead atoms. The Balaban J connectivity index is 2.05. The molecule has 1 N–H and O–H groups in total. The largest absolute Gasteiger partial charge is 0.481 e. The topological polar surface area (TPSA) is 63.3 Å². The van der Waals surface area contributed by atoms with E-state index in [1.165, 1.54) is 0 Å². The molecule has 2 heterocycles. The zero-order valence-corrected chi connectivity index (χ0v) is 8.42. The van der Waals surface area contributed by atoms with Gasteiger partial charge in [0.05, 0.1) is 6.20 Å². The van der Waals surface area contributed by atoms with Gasteiger partial charge in [-0.3, -0.25) is 4.79 Å². The standard InChI is InChI=1S/C9H11NO3S/c11-9(12)3-8-10-4-7(13-8)6-1-2-14-5-6/h4,6H,1-3,5H2,(H,11,12). The van der Waals surface area contributed by atoms with Crippen molar-refractivity contribution in [2.45, 2.75) is 18.8 Å². The maximum atomic E-state index is 10.4. The summed E-state index contributed by atoms with van der Waals surface area (Å²) in [5, 5.41) is 8.54. The van der Waals surface area contributed by atoms with E-state index in [4.69, 9.17) is 9.52 Å². The molecule has 1 aliphatic heterocycles. The minimum Gasteiger partial charge on any atom is -0.481 e. The van der Waals surface area contributed by atoms with Gasteiger partial charge in [-0.2, -0.15) is 11.8 Å². The summed E-state index contributed by atoms with van der Waals surface area (Å²) in [7, 11) is 0. The van der Waals surface area contributed by atoms with Gasteiger partial charge in [-0.1, -0.05) is 0 Å². The fraction of sp³-hybridized carbons (Fsp3) is 0.556. The van der Waals surface area contributed by atoms with Crippen LogP contribution in [0.25, 0.3) is 0 Å². The Labute approximate surface area is 85.7 Å². The molecule has 1 atom stereocenters. The van der Waals surface area contributed by atoms with Crippen LogP contribution < -0.4 is 0 Å². The molecule has 0 radical (unpaired) electrons. The average Bonchev–Trinajstić information content (AvgIpc) is 2.69. The molecule has 1 saturated heterocycles. The van der Waals surface area contributed by atoms with Crippen LogP contribution >= 0.6 is 11.8 Å². The first kappa shape index (κ1) is 9.58. The molecule has 0 aliphatic carbocycles. The Morgan fingerprint density at radius 1 is 1.79 bits per heavy atom. The summed E-state index contributed by atoms with van der Waals surface area (Å²) in [5.41, 5.74) is 0. The first-order chi connectivity index (χ1) is 6.75. The van der Waals surface area contributed by atoms with Gasteiger partial charge in [-0.15, -0.1) is 0 Å². The molecule has 4 nitrogen and oxygen atoms in total. The van der Waals surface area contributed by atoms with Gasteiger partial charge in [-0.05, 0) is 12.2 Å². The van der Waals surface area contributed by atoms with Gasteiger partial charge in [0.25, 0.3) is 0 Å². The summed E-state index contributed by atoms with van der Waals surface area (Å²) in [4.78, 5) is 14.3. The van der Waals surface area contributed by atoms with Crippen molar-refractivity contribution in [1.29, 1.82) is 0 Å². The normalized spacial score (nSPS) is 21.3. The van der Waals surface area contributed by atoms with Crippen LogP contribution in [0.1, 0.15) is 24.0 Å². The van der Waals surface area contributed by atoms with Gasteiger partial charge in [-0.25, -0.2) is 4.98 Å². The number of aromatic nitrogens is 1. The number of hydrogen-bond acceptors (Lipinski definition) is 4. The number of rotatable bonds is 3. The highest BCUT2D eigenvalue weighted by Crippen LogP contribution is 2.32. The van der Waals surface area contributed by atoms with E-state index in [0.29, 0.717) is 11.8 Å². The van der Waals surface area contributed by atoms with Gasteiger partial charge in [0.2, 0.25) is 5.89 Å². The molecule has 5 heteroatoms. The van der Waals surface area contributed by atoms with E-state index < -0.39 is 5.97 Å². The van der Waals surface area contributed by atoms with E-state index in [1.807, 2.05) is 11.8 Å². The second-order valence-electron chi connectivity index (χ2n) is 3.29. The van der Waals surface area contributed by atoms with Crippen LogP contribution in [0, 0.1) is 0 Å². The minimum absolute atomic E-state index is 0.125. The van der Waals surface area contributed by atoms with Gasteiger partial charge in [0, 0.05) is 11.7 Å². The average molecular weight is 213 g/mol. The third kappa shape index (κ3) is 2.09. The number of carbonyl (C=O) groups is 1. The van der Waals surface area contributed by atoms with Crippen molar-refractivity contribution in [1.82, 2.24) is 4.98 Å². The molecule has 0 spiro atoms. The predicted molar refractivity (Wildman–Crippen MR) is 52.5 cm³/mol. The number of carboxylic acid groups (broad SMARTS) is 1. The Morgan fingerprint density at radius 3 is 3.29 bits per heavy atom. The number of nitrogens with zero attached hydrogens (tertiary/aromatic N) is 1. The second-order valence-corrected chi connectivity index (χ2v) is 4.44. The quantitative estimate of drug-likeness (QED) is 0.824. The second kappa shape index (κ2) is 4.04. The van der Waals surface area contributed by atoms with Crippen LogP contribution in [0.15, 0.2) is 10.6 Å². The molecule has 14 heavy (non-hydrogen) atoms. The number of aliphatic carboxylic acids is 1. The van der Waals surface area contributed by atoms with Crippen LogP contribution in [0.5, 0.6) is 0 Å². The summed E-state index contributed by atoms with van der Waals surface area (Å²) in [6.45, 7) is 0. The molecule has 0 saturated carbocycles. The molecule has 76 valence electrons.